The van der Waals surface area contributed by atoms with Gasteiger partial charge in [0.2, 0.25) is 0 Å². The van der Waals surface area contributed by atoms with Gasteiger partial charge in [0.05, 0.1) is 16.5 Å². The van der Waals surface area contributed by atoms with Crippen molar-refractivity contribution in [3.05, 3.63) is 99.4 Å². The third-order valence-electron chi connectivity index (χ3n) is 4.97. The number of rotatable bonds is 5. The van der Waals surface area contributed by atoms with E-state index in [1.807, 2.05) is 44.2 Å². The van der Waals surface area contributed by atoms with Crippen LogP contribution in [0, 0.1) is 24.0 Å². The van der Waals surface area contributed by atoms with Gasteiger partial charge in [0.25, 0.3) is 5.69 Å². The number of hydrogen-bond acceptors (Lipinski definition) is 6. The van der Waals surface area contributed by atoms with Crippen molar-refractivity contribution in [3.8, 4) is 5.75 Å². The molecule has 1 atom stereocenters. The Hall–Kier alpha value is -4.00. The highest BCUT2D eigenvalue weighted by molar-refractivity contribution is 5.86. The summed E-state index contributed by atoms with van der Waals surface area (Å²) < 4.78 is 0. The van der Waals surface area contributed by atoms with Crippen LogP contribution in [0.1, 0.15) is 28.4 Å². The molecule has 2 N–H and O–H groups in total. The van der Waals surface area contributed by atoms with Gasteiger partial charge in [0.1, 0.15) is 17.1 Å². The van der Waals surface area contributed by atoms with E-state index in [-0.39, 0.29) is 11.4 Å². The largest absolute Gasteiger partial charge is 0.505 e. The molecule has 2 heterocycles. The molecule has 150 valence electrons. The average Bonchev–Trinajstić information content (AvgIpc) is 2.73. The Morgan fingerprint density at radius 3 is 2.57 bits per heavy atom. The molecule has 0 aliphatic heterocycles. The van der Waals surface area contributed by atoms with Gasteiger partial charge in [0.15, 0.2) is 0 Å². The molecule has 30 heavy (non-hydrogen) atoms. The average molecular weight is 400 g/mol. The van der Waals surface area contributed by atoms with Gasteiger partial charge in [-0.15, -0.1) is 0 Å². The number of aryl methyl sites for hydroxylation is 2. The number of benzene rings is 2. The van der Waals surface area contributed by atoms with Crippen molar-refractivity contribution in [2.24, 2.45) is 0 Å². The molecule has 7 nitrogen and oxygen atoms in total. The molecule has 0 fully saturated rings. The minimum Gasteiger partial charge on any atom is -0.505 e. The third kappa shape index (κ3) is 3.65. The Balaban J connectivity index is 1.93. The summed E-state index contributed by atoms with van der Waals surface area (Å²) in [6.07, 6.45) is 1.67. The summed E-state index contributed by atoms with van der Waals surface area (Å²) in [5, 5.41) is 26.8. The summed E-state index contributed by atoms with van der Waals surface area (Å²) in [7, 11) is 0. The topological polar surface area (TPSA) is 101 Å². The van der Waals surface area contributed by atoms with Crippen molar-refractivity contribution in [2.75, 3.05) is 5.32 Å². The summed E-state index contributed by atoms with van der Waals surface area (Å²) >= 11 is 0. The van der Waals surface area contributed by atoms with Crippen LogP contribution in [0.3, 0.4) is 0 Å². The maximum atomic E-state index is 11.7. The number of aromatic hydroxyl groups is 1. The Bertz CT molecular complexity index is 1260. The fourth-order valence-electron chi connectivity index (χ4n) is 3.50. The smallest absolute Gasteiger partial charge is 0.275 e. The van der Waals surface area contributed by atoms with E-state index < -0.39 is 11.0 Å². The number of para-hydroxylation sites is 1. The van der Waals surface area contributed by atoms with Crippen molar-refractivity contribution in [1.29, 1.82) is 0 Å². The maximum Gasteiger partial charge on any atom is 0.275 e. The van der Waals surface area contributed by atoms with E-state index >= 15 is 0 Å². The molecule has 2 aromatic heterocycles. The molecule has 1 unspecified atom stereocenters. The molecule has 0 bridgehead atoms. The van der Waals surface area contributed by atoms with Crippen LogP contribution in [0.4, 0.5) is 11.5 Å². The molecule has 0 amide bonds. The third-order valence-corrected chi connectivity index (χ3v) is 4.97. The van der Waals surface area contributed by atoms with Crippen molar-refractivity contribution in [1.82, 2.24) is 9.97 Å². The second-order valence-electron chi connectivity index (χ2n) is 7.14. The lowest BCUT2D eigenvalue weighted by molar-refractivity contribution is -0.385. The number of fused-ring (bicyclic) bond motifs is 1. The molecule has 7 heteroatoms. The van der Waals surface area contributed by atoms with Crippen LogP contribution in [0.15, 0.2) is 66.9 Å². The quantitative estimate of drug-likeness (QED) is 0.359. The Kier molecular flexibility index (Phi) is 5.02. The van der Waals surface area contributed by atoms with E-state index in [0.717, 1.165) is 16.6 Å². The lowest BCUT2D eigenvalue weighted by Gasteiger charge is -2.22. The van der Waals surface area contributed by atoms with Gasteiger partial charge < -0.3 is 10.4 Å². The molecule has 0 aliphatic carbocycles. The molecule has 4 aromatic rings. The lowest BCUT2D eigenvalue weighted by Crippen LogP contribution is -2.15. The number of phenolic OH excluding ortho intramolecular Hbond substituents is 1. The zero-order chi connectivity index (χ0) is 21.3. The highest BCUT2D eigenvalue weighted by atomic mass is 16.6. The number of aromatic nitrogens is 2. The van der Waals surface area contributed by atoms with Gasteiger partial charge in [-0.25, -0.2) is 9.97 Å². The van der Waals surface area contributed by atoms with Crippen molar-refractivity contribution in [2.45, 2.75) is 19.9 Å². The summed E-state index contributed by atoms with van der Waals surface area (Å²) in [6.45, 7) is 3.78. The predicted molar refractivity (Wildman–Crippen MR) is 116 cm³/mol. The number of phenols is 1. The summed E-state index contributed by atoms with van der Waals surface area (Å²) in [5.74, 6) is 0.536. The first-order valence-electron chi connectivity index (χ1n) is 9.46. The minimum absolute atomic E-state index is 0.0143. The number of pyridine rings is 2. The minimum atomic E-state index is -0.701. The first-order valence-corrected chi connectivity index (χ1v) is 9.46. The zero-order valence-electron chi connectivity index (χ0n) is 16.5. The van der Waals surface area contributed by atoms with E-state index in [4.69, 9.17) is 0 Å². The van der Waals surface area contributed by atoms with Gasteiger partial charge in [-0.2, -0.15) is 0 Å². The molecule has 0 radical (unpaired) electrons. The first kappa shape index (κ1) is 19.3. The first-order chi connectivity index (χ1) is 14.4. The highest BCUT2D eigenvalue weighted by Gasteiger charge is 2.27. The molecule has 0 saturated carbocycles. The Morgan fingerprint density at radius 2 is 1.80 bits per heavy atom. The molecule has 2 aromatic carbocycles. The number of nitrogens with one attached hydrogen (secondary N) is 1. The monoisotopic (exact) mass is 400 g/mol. The molecule has 0 spiro atoms. The van der Waals surface area contributed by atoms with Crippen LogP contribution in [0.25, 0.3) is 10.9 Å². The number of anilines is 1. The van der Waals surface area contributed by atoms with E-state index in [9.17, 15) is 15.2 Å². The number of hydrogen-bond donors (Lipinski definition) is 2. The van der Waals surface area contributed by atoms with Gasteiger partial charge in [-0.1, -0.05) is 30.3 Å². The van der Waals surface area contributed by atoms with E-state index in [1.165, 1.54) is 6.07 Å². The summed E-state index contributed by atoms with van der Waals surface area (Å²) in [5.41, 5.74) is 3.08. The zero-order valence-corrected chi connectivity index (χ0v) is 16.5. The van der Waals surface area contributed by atoms with Crippen LogP contribution in [-0.4, -0.2) is 20.0 Å². The predicted octanol–water partition coefficient (Wildman–Crippen LogP) is 5.06. The van der Waals surface area contributed by atoms with Gasteiger partial charge in [-0.3, -0.25) is 10.1 Å². The van der Waals surface area contributed by atoms with Gasteiger partial charge in [-0.05, 0) is 43.7 Å². The van der Waals surface area contributed by atoms with Crippen LogP contribution >= 0.6 is 0 Å². The van der Waals surface area contributed by atoms with Crippen LogP contribution in [0.2, 0.25) is 0 Å². The van der Waals surface area contributed by atoms with Crippen molar-refractivity contribution < 1.29 is 10.0 Å². The second kappa shape index (κ2) is 7.79. The van der Waals surface area contributed by atoms with Gasteiger partial charge in [0, 0.05) is 28.9 Å². The highest BCUT2D eigenvalue weighted by Crippen LogP contribution is 2.39. The fourth-order valence-corrected chi connectivity index (χ4v) is 3.50. The van der Waals surface area contributed by atoms with Crippen molar-refractivity contribution in [3.63, 3.8) is 0 Å². The molecular formula is C23H20N4O3. The Labute approximate surface area is 173 Å². The fraction of sp³-hybridized carbons (Fsp3) is 0.130. The van der Waals surface area contributed by atoms with E-state index in [2.05, 4.69) is 15.3 Å². The number of nitro benzene ring substituents is 1. The lowest BCUT2D eigenvalue weighted by atomic mass is 9.95. The maximum absolute atomic E-state index is 11.7. The standard InChI is InChI=1S/C23H20N4O3/c1-14-11-12-24-20(13-14)26-22(17-5-3-4-6-19(17)27(29)30)18-10-9-16-8-7-15(2)25-21(16)23(18)28/h3-13,22,28H,1-2H3,(H,24,26). The molecule has 0 saturated heterocycles. The normalized spacial score (nSPS) is 11.9. The Morgan fingerprint density at radius 1 is 1.03 bits per heavy atom. The molecule has 4 rings (SSSR count). The summed E-state index contributed by atoms with van der Waals surface area (Å²) in [6, 6.07) is 16.9. The van der Waals surface area contributed by atoms with Crippen LogP contribution in [0.5, 0.6) is 5.75 Å². The molecule has 0 aliphatic rings. The van der Waals surface area contributed by atoms with E-state index in [1.54, 1.807) is 30.5 Å². The SMILES string of the molecule is Cc1ccnc(NC(c2ccccc2[N+](=O)[O-])c2ccc3ccc(C)nc3c2O)c1. The van der Waals surface area contributed by atoms with Crippen LogP contribution in [-0.2, 0) is 0 Å². The van der Waals surface area contributed by atoms with Crippen LogP contribution < -0.4 is 5.32 Å². The molecular weight excluding hydrogens is 380 g/mol. The number of nitro groups is 1. The van der Waals surface area contributed by atoms with Gasteiger partial charge >= 0.3 is 0 Å². The number of nitrogens with zero attached hydrogens (tertiary/aromatic N) is 3. The van der Waals surface area contributed by atoms with Crippen molar-refractivity contribution >= 4 is 22.4 Å². The second-order valence-corrected chi connectivity index (χ2v) is 7.14. The summed E-state index contributed by atoms with van der Waals surface area (Å²) in [4.78, 5) is 20.1. The van der Waals surface area contributed by atoms with E-state index in [0.29, 0.717) is 22.5 Å².